The lowest BCUT2D eigenvalue weighted by atomic mass is 9.81. The van der Waals surface area contributed by atoms with Gasteiger partial charge in [0.05, 0.1) is 5.92 Å². The third-order valence-corrected chi connectivity index (χ3v) is 5.56. The van der Waals surface area contributed by atoms with Crippen molar-refractivity contribution in [2.24, 2.45) is 0 Å². The van der Waals surface area contributed by atoms with Gasteiger partial charge in [0.15, 0.2) is 0 Å². The molecule has 0 unspecified atom stereocenters. The number of hydrogen-bond acceptors (Lipinski definition) is 2. The zero-order valence-electron chi connectivity index (χ0n) is 14.0. The Labute approximate surface area is 146 Å². The van der Waals surface area contributed by atoms with Crippen molar-refractivity contribution in [1.29, 1.82) is 0 Å². The van der Waals surface area contributed by atoms with Gasteiger partial charge in [0.1, 0.15) is 5.54 Å². The van der Waals surface area contributed by atoms with Crippen molar-refractivity contribution < 1.29 is 14.7 Å². The molecule has 128 valence electrons. The first-order valence-corrected chi connectivity index (χ1v) is 8.79. The zero-order chi connectivity index (χ0) is 17.4. The fourth-order valence-corrected chi connectivity index (χ4v) is 4.26. The molecule has 0 radical (unpaired) electrons. The summed E-state index contributed by atoms with van der Waals surface area (Å²) in [7, 11) is 0. The summed E-state index contributed by atoms with van der Waals surface area (Å²) in [5, 5.41) is 12.8. The van der Waals surface area contributed by atoms with Gasteiger partial charge in [-0.2, -0.15) is 0 Å². The van der Waals surface area contributed by atoms with Crippen LogP contribution in [-0.2, 0) is 28.9 Å². The van der Waals surface area contributed by atoms with Crippen molar-refractivity contribution in [3.05, 3.63) is 70.8 Å². The van der Waals surface area contributed by atoms with Crippen molar-refractivity contribution in [1.82, 2.24) is 5.32 Å². The number of carbonyl (C=O) groups is 2. The van der Waals surface area contributed by atoms with Gasteiger partial charge >= 0.3 is 5.97 Å². The van der Waals surface area contributed by atoms with E-state index in [1.54, 1.807) is 0 Å². The van der Waals surface area contributed by atoms with Crippen LogP contribution in [0.2, 0.25) is 0 Å². The van der Waals surface area contributed by atoms with E-state index in [2.05, 4.69) is 11.4 Å². The van der Waals surface area contributed by atoms with Crippen LogP contribution in [0.25, 0.3) is 0 Å². The van der Waals surface area contributed by atoms with E-state index in [1.165, 1.54) is 5.56 Å². The Hall–Kier alpha value is -2.62. The largest absolute Gasteiger partial charge is 0.479 e. The second-order valence-corrected chi connectivity index (χ2v) is 7.14. The summed E-state index contributed by atoms with van der Waals surface area (Å²) in [5.74, 6) is -1.38. The number of rotatable bonds is 3. The van der Waals surface area contributed by atoms with E-state index in [0.29, 0.717) is 12.8 Å². The van der Waals surface area contributed by atoms with Gasteiger partial charge in [0.25, 0.3) is 0 Å². The molecule has 0 spiro atoms. The summed E-state index contributed by atoms with van der Waals surface area (Å²) in [5.41, 5.74) is 3.03. The topological polar surface area (TPSA) is 66.4 Å². The van der Waals surface area contributed by atoms with Crippen molar-refractivity contribution >= 4 is 11.9 Å². The molecule has 1 amide bonds. The Kier molecular flexibility index (Phi) is 3.83. The van der Waals surface area contributed by atoms with Crippen LogP contribution in [0.15, 0.2) is 48.5 Å². The number of carboxylic acid groups (broad SMARTS) is 1. The highest BCUT2D eigenvalue weighted by atomic mass is 16.4. The molecule has 2 aromatic rings. The van der Waals surface area contributed by atoms with Crippen LogP contribution < -0.4 is 5.32 Å². The molecule has 4 nitrogen and oxygen atoms in total. The van der Waals surface area contributed by atoms with Gasteiger partial charge in [-0.25, -0.2) is 4.79 Å². The van der Waals surface area contributed by atoms with E-state index in [0.717, 1.165) is 36.0 Å². The highest BCUT2D eigenvalue weighted by molar-refractivity contribution is 5.92. The number of fused-ring (bicyclic) bond motifs is 2. The average Bonchev–Trinajstić information content (AvgIpc) is 3.00. The third-order valence-electron chi connectivity index (χ3n) is 5.56. The van der Waals surface area contributed by atoms with Gasteiger partial charge in [-0.15, -0.1) is 0 Å². The lowest BCUT2D eigenvalue weighted by Crippen LogP contribution is -2.56. The van der Waals surface area contributed by atoms with Crippen LogP contribution in [0.4, 0.5) is 0 Å². The minimum absolute atomic E-state index is 0.164. The standard InChI is InChI=1S/C21H21NO3/c23-19(18-11-5-9-14-6-3-4-10-17(14)18)22-21(20(24)25)12-15-7-1-2-8-16(15)13-21/h1-4,6-8,10,18H,5,9,11-13H2,(H,22,23)(H,24,25)/t18-/m0/s1. The van der Waals surface area contributed by atoms with E-state index in [1.807, 2.05) is 42.5 Å². The number of aliphatic carboxylic acids is 1. The summed E-state index contributed by atoms with van der Waals surface area (Å²) in [4.78, 5) is 25.0. The van der Waals surface area contributed by atoms with Crippen LogP contribution in [0, 0.1) is 0 Å². The molecule has 0 fully saturated rings. The Morgan fingerprint density at radius 3 is 2.20 bits per heavy atom. The minimum atomic E-state index is -1.23. The summed E-state index contributed by atoms with van der Waals surface area (Å²) >= 11 is 0. The van der Waals surface area contributed by atoms with Gasteiger partial charge < -0.3 is 10.4 Å². The SMILES string of the molecule is O=C(NC1(C(=O)O)Cc2ccccc2C1)[C@H]1CCCc2ccccc21. The molecule has 1 atom stereocenters. The van der Waals surface area contributed by atoms with Crippen LogP contribution in [-0.4, -0.2) is 22.5 Å². The first-order chi connectivity index (χ1) is 12.1. The second-order valence-electron chi connectivity index (χ2n) is 7.14. The Bertz CT molecular complexity index is 818. The molecule has 2 aromatic carbocycles. The van der Waals surface area contributed by atoms with Crippen LogP contribution in [0.3, 0.4) is 0 Å². The minimum Gasteiger partial charge on any atom is -0.479 e. The number of carboxylic acids is 1. The molecule has 0 bridgehead atoms. The molecule has 0 aromatic heterocycles. The molecule has 2 aliphatic carbocycles. The normalized spacial score (nSPS) is 20.4. The molecule has 2 N–H and O–H groups in total. The van der Waals surface area contributed by atoms with Crippen molar-refractivity contribution in [3.8, 4) is 0 Å². The Balaban J connectivity index is 1.61. The van der Waals surface area contributed by atoms with Gasteiger partial charge in [0, 0.05) is 12.8 Å². The van der Waals surface area contributed by atoms with Gasteiger partial charge in [-0.1, -0.05) is 48.5 Å². The molecule has 0 heterocycles. The third kappa shape index (κ3) is 2.72. The highest BCUT2D eigenvalue weighted by Crippen LogP contribution is 2.34. The van der Waals surface area contributed by atoms with E-state index in [-0.39, 0.29) is 11.8 Å². The molecule has 4 heteroatoms. The molecular formula is C21H21NO3. The predicted octanol–water partition coefficient (Wildman–Crippen LogP) is 2.84. The number of carbonyl (C=O) groups excluding carboxylic acids is 1. The summed E-state index contributed by atoms with van der Waals surface area (Å²) in [6.45, 7) is 0. The van der Waals surface area contributed by atoms with Gasteiger partial charge in [-0.05, 0) is 41.5 Å². The number of amides is 1. The smallest absolute Gasteiger partial charge is 0.330 e. The lowest BCUT2D eigenvalue weighted by Gasteiger charge is -2.30. The van der Waals surface area contributed by atoms with Crippen molar-refractivity contribution in [2.75, 3.05) is 0 Å². The fourth-order valence-electron chi connectivity index (χ4n) is 4.26. The lowest BCUT2D eigenvalue weighted by molar-refractivity contribution is -0.147. The quantitative estimate of drug-likeness (QED) is 0.906. The average molecular weight is 335 g/mol. The maximum atomic E-state index is 13.0. The monoisotopic (exact) mass is 335 g/mol. The first kappa shape index (κ1) is 15.9. The number of aryl methyl sites for hydroxylation is 1. The van der Waals surface area contributed by atoms with E-state index in [4.69, 9.17) is 0 Å². The maximum Gasteiger partial charge on any atom is 0.330 e. The maximum absolute atomic E-state index is 13.0. The van der Waals surface area contributed by atoms with E-state index in [9.17, 15) is 14.7 Å². The summed E-state index contributed by atoms with van der Waals surface area (Å²) < 4.78 is 0. The van der Waals surface area contributed by atoms with Crippen LogP contribution >= 0.6 is 0 Å². The number of nitrogens with one attached hydrogen (secondary N) is 1. The molecule has 4 rings (SSSR count). The molecule has 25 heavy (non-hydrogen) atoms. The Morgan fingerprint density at radius 1 is 0.960 bits per heavy atom. The molecule has 0 saturated carbocycles. The first-order valence-electron chi connectivity index (χ1n) is 8.79. The highest BCUT2D eigenvalue weighted by Gasteiger charge is 2.46. The van der Waals surface area contributed by atoms with Crippen LogP contribution in [0.5, 0.6) is 0 Å². The predicted molar refractivity (Wildman–Crippen MR) is 94.5 cm³/mol. The number of benzene rings is 2. The zero-order valence-corrected chi connectivity index (χ0v) is 14.0. The van der Waals surface area contributed by atoms with Crippen molar-refractivity contribution in [3.63, 3.8) is 0 Å². The Morgan fingerprint density at radius 2 is 1.56 bits per heavy atom. The molecular weight excluding hydrogens is 314 g/mol. The van der Waals surface area contributed by atoms with Crippen LogP contribution in [0.1, 0.15) is 41.0 Å². The van der Waals surface area contributed by atoms with Gasteiger partial charge in [0.2, 0.25) is 5.91 Å². The molecule has 0 aliphatic heterocycles. The molecule has 2 aliphatic rings. The molecule has 0 saturated heterocycles. The van der Waals surface area contributed by atoms with E-state index >= 15 is 0 Å². The number of hydrogen-bond donors (Lipinski definition) is 2. The van der Waals surface area contributed by atoms with Crippen molar-refractivity contribution in [2.45, 2.75) is 43.6 Å². The second kappa shape index (κ2) is 6.03. The fraction of sp³-hybridized carbons (Fsp3) is 0.333. The summed E-state index contributed by atoms with van der Waals surface area (Å²) in [6.07, 6.45) is 3.40. The van der Waals surface area contributed by atoms with Gasteiger partial charge in [-0.3, -0.25) is 4.79 Å². The summed E-state index contributed by atoms with van der Waals surface area (Å²) in [6, 6.07) is 15.7. The van der Waals surface area contributed by atoms with E-state index < -0.39 is 11.5 Å².